The summed E-state index contributed by atoms with van der Waals surface area (Å²) in [6.07, 6.45) is 1.93. The van der Waals surface area contributed by atoms with E-state index in [0.29, 0.717) is 12.5 Å². The fourth-order valence-corrected chi connectivity index (χ4v) is 2.77. The first-order valence-electron chi connectivity index (χ1n) is 6.50. The Morgan fingerprint density at radius 2 is 2.00 bits per heavy atom. The summed E-state index contributed by atoms with van der Waals surface area (Å²) in [6.45, 7) is 2.69. The van der Waals surface area contributed by atoms with Gasteiger partial charge < -0.3 is 10.8 Å². The molecule has 2 unspecified atom stereocenters. The third-order valence-electron chi connectivity index (χ3n) is 3.50. The number of rotatable bonds is 4. The zero-order chi connectivity index (χ0) is 13.0. The molecule has 1 saturated heterocycles. The number of aliphatic hydroxyl groups excluding tert-OH is 1. The highest BCUT2D eigenvalue weighted by Crippen LogP contribution is 2.20. The molecule has 0 aromatic heterocycles. The minimum Gasteiger partial charge on any atom is -0.395 e. The van der Waals surface area contributed by atoms with Crippen LogP contribution in [0.25, 0.3) is 0 Å². The van der Waals surface area contributed by atoms with Crippen LogP contribution in [-0.4, -0.2) is 42.3 Å². The SMILES string of the molecule is NC1CC(Cc2ccc(F)cc2)CN(CCO)C1. The minimum absolute atomic E-state index is 0.177. The summed E-state index contributed by atoms with van der Waals surface area (Å²) in [4.78, 5) is 2.21. The van der Waals surface area contributed by atoms with Crippen molar-refractivity contribution in [1.82, 2.24) is 4.90 Å². The van der Waals surface area contributed by atoms with Crippen molar-refractivity contribution >= 4 is 0 Å². The van der Waals surface area contributed by atoms with Crippen molar-refractivity contribution in [3.8, 4) is 0 Å². The second-order valence-electron chi connectivity index (χ2n) is 5.18. The number of benzene rings is 1. The zero-order valence-electron chi connectivity index (χ0n) is 10.6. The molecule has 4 heteroatoms. The van der Waals surface area contributed by atoms with Crippen molar-refractivity contribution in [2.45, 2.75) is 18.9 Å². The van der Waals surface area contributed by atoms with E-state index in [1.54, 1.807) is 0 Å². The van der Waals surface area contributed by atoms with Crippen LogP contribution in [-0.2, 0) is 6.42 Å². The third-order valence-corrected chi connectivity index (χ3v) is 3.50. The fraction of sp³-hybridized carbons (Fsp3) is 0.571. The molecule has 1 aliphatic heterocycles. The number of hydrogen-bond acceptors (Lipinski definition) is 3. The van der Waals surface area contributed by atoms with Gasteiger partial charge in [-0.1, -0.05) is 12.1 Å². The molecule has 3 nitrogen and oxygen atoms in total. The molecule has 2 rings (SSSR count). The molecular formula is C14H21FN2O. The summed E-state index contributed by atoms with van der Waals surface area (Å²) in [5.41, 5.74) is 7.19. The summed E-state index contributed by atoms with van der Waals surface area (Å²) < 4.78 is 12.8. The molecule has 100 valence electrons. The zero-order valence-corrected chi connectivity index (χ0v) is 10.6. The lowest BCUT2D eigenvalue weighted by atomic mass is 9.89. The Labute approximate surface area is 107 Å². The first-order valence-corrected chi connectivity index (χ1v) is 6.50. The average molecular weight is 252 g/mol. The molecule has 1 aromatic carbocycles. The quantitative estimate of drug-likeness (QED) is 0.841. The number of nitrogens with zero attached hydrogens (tertiary/aromatic N) is 1. The van der Waals surface area contributed by atoms with E-state index in [2.05, 4.69) is 4.90 Å². The summed E-state index contributed by atoms with van der Waals surface area (Å²) in [5.74, 6) is 0.298. The highest BCUT2D eigenvalue weighted by Gasteiger charge is 2.24. The van der Waals surface area contributed by atoms with Crippen molar-refractivity contribution in [1.29, 1.82) is 0 Å². The number of piperidine rings is 1. The van der Waals surface area contributed by atoms with Crippen molar-refractivity contribution in [2.24, 2.45) is 11.7 Å². The van der Waals surface area contributed by atoms with Crippen molar-refractivity contribution in [3.63, 3.8) is 0 Å². The van der Waals surface area contributed by atoms with E-state index in [1.807, 2.05) is 12.1 Å². The van der Waals surface area contributed by atoms with Gasteiger partial charge in [0.25, 0.3) is 0 Å². The molecule has 0 bridgehead atoms. The Bertz CT molecular complexity index is 369. The van der Waals surface area contributed by atoms with E-state index in [-0.39, 0.29) is 18.5 Å². The monoisotopic (exact) mass is 252 g/mol. The minimum atomic E-state index is -0.194. The lowest BCUT2D eigenvalue weighted by molar-refractivity contribution is 0.127. The number of likely N-dealkylation sites (tertiary alicyclic amines) is 1. The number of hydrogen-bond donors (Lipinski definition) is 2. The standard InChI is InChI=1S/C14H21FN2O/c15-13-3-1-11(2-4-13)7-12-8-14(16)10-17(9-12)5-6-18/h1-4,12,14,18H,5-10,16H2. The van der Waals surface area contributed by atoms with Crippen molar-refractivity contribution in [2.75, 3.05) is 26.2 Å². The maximum Gasteiger partial charge on any atom is 0.123 e. The molecule has 18 heavy (non-hydrogen) atoms. The van der Waals surface area contributed by atoms with E-state index in [9.17, 15) is 4.39 Å². The molecule has 0 radical (unpaired) electrons. The molecular weight excluding hydrogens is 231 g/mol. The van der Waals surface area contributed by atoms with Gasteiger partial charge >= 0.3 is 0 Å². The molecule has 2 atom stereocenters. The van der Waals surface area contributed by atoms with E-state index in [0.717, 1.165) is 31.5 Å². The van der Waals surface area contributed by atoms with E-state index < -0.39 is 0 Å². The van der Waals surface area contributed by atoms with Gasteiger partial charge in [0.2, 0.25) is 0 Å². The maximum atomic E-state index is 12.8. The Balaban J connectivity index is 1.93. The molecule has 1 heterocycles. The number of nitrogens with two attached hydrogens (primary N) is 1. The van der Waals surface area contributed by atoms with Crippen LogP contribution in [0.2, 0.25) is 0 Å². The fourth-order valence-electron chi connectivity index (χ4n) is 2.77. The average Bonchev–Trinajstić information content (AvgIpc) is 2.32. The first kappa shape index (κ1) is 13.5. The van der Waals surface area contributed by atoms with Crippen LogP contribution in [0.1, 0.15) is 12.0 Å². The van der Waals surface area contributed by atoms with Gasteiger partial charge in [0, 0.05) is 25.7 Å². The molecule has 0 spiro atoms. The molecule has 1 aromatic rings. The van der Waals surface area contributed by atoms with Crippen LogP contribution in [0.5, 0.6) is 0 Å². The highest BCUT2D eigenvalue weighted by atomic mass is 19.1. The predicted octanol–water partition coefficient (Wildman–Crippen LogP) is 1.01. The van der Waals surface area contributed by atoms with Gasteiger partial charge in [-0.2, -0.15) is 0 Å². The first-order chi connectivity index (χ1) is 8.67. The van der Waals surface area contributed by atoms with Crippen LogP contribution in [0, 0.1) is 11.7 Å². The molecule has 1 fully saturated rings. The largest absolute Gasteiger partial charge is 0.395 e. The van der Waals surface area contributed by atoms with Gasteiger partial charge in [-0.15, -0.1) is 0 Å². The summed E-state index contributed by atoms with van der Waals surface area (Å²) in [7, 11) is 0. The predicted molar refractivity (Wildman–Crippen MR) is 69.7 cm³/mol. The Morgan fingerprint density at radius 1 is 1.28 bits per heavy atom. The smallest absolute Gasteiger partial charge is 0.123 e. The van der Waals surface area contributed by atoms with Crippen LogP contribution < -0.4 is 5.73 Å². The van der Waals surface area contributed by atoms with Crippen molar-refractivity contribution < 1.29 is 9.50 Å². The summed E-state index contributed by atoms with van der Waals surface area (Å²) in [5, 5.41) is 8.99. The maximum absolute atomic E-state index is 12.8. The second-order valence-corrected chi connectivity index (χ2v) is 5.18. The van der Waals surface area contributed by atoms with Crippen LogP contribution in [0.3, 0.4) is 0 Å². The molecule has 0 aliphatic carbocycles. The normalized spacial score (nSPS) is 25.3. The van der Waals surface area contributed by atoms with Crippen LogP contribution >= 0.6 is 0 Å². The number of aliphatic hydroxyl groups is 1. The van der Waals surface area contributed by atoms with Gasteiger partial charge in [0.15, 0.2) is 0 Å². The Morgan fingerprint density at radius 3 is 2.67 bits per heavy atom. The van der Waals surface area contributed by atoms with Gasteiger partial charge in [-0.3, -0.25) is 4.90 Å². The second kappa shape index (κ2) is 6.27. The van der Waals surface area contributed by atoms with Crippen LogP contribution in [0.4, 0.5) is 4.39 Å². The van der Waals surface area contributed by atoms with E-state index in [4.69, 9.17) is 10.8 Å². The van der Waals surface area contributed by atoms with Crippen LogP contribution in [0.15, 0.2) is 24.3 Å². The topological polar surface area (TPSA) is 49.5 Å². The van der Waals surface area contributed by atoms with Gasteiger partial charge in [-0.25, -0.2) is 4.39 Å². The Kier molecular flexibility index (Phi) is 4.69. The number of halogens is 1. The van der Waals surface area contributed by atoms with E-state index in [1.165, 1.54) is 12.1 Å². The lowest BCUT2D eigenvalue weighted by Gasteiger charge is -2.36. The molecule has 1 aliphatic rings. The summed E-state index contributed by atoms with van der Waals surface area (Å²) >= 11 is 0. The molecule has 3 N–H and O–H groups in total. The molecule has 0 saturated carbocycles. The van der Waals surface area contributed by atoms with Gasteiger partial charge in [-0.05, 0) is 36.5 Å². The Hall–Kier alpha value is -0.970. The van der Waals surface area contributed by atoms with Crippen molar-refractivity contribution in [3.05, 3.63) is 35.6 Å². The third kappa shape index (κ3) is 3.77. The number of β-amino-alcohol motifs (C(OH)–C–C–N with tert-alkyl or cyclic N) is 1. The highest BCUT2D eigenvalue weighted by molar-refractivity contribution is 5.16. The summed E-state index contributed by atoms with van der Waals surface area (Å²) in [6, 6.07) is 6.86. The van der Waals surface area contributed by atoms with Gasteiger partial charge in [0.1, 0.15) is 5.82 Å². The molecule has 0 amide bonds. The van der Waals surface area contributed by atoms with Gasteiger partial charge in [0.05, 0.1) is 6.61 Å². The lowest BCUT2D eigenvalue weighted by Crippen LogP contribution is -2.48. The van der Waals surface area contributed by atoms with E-state index >= 15 is 0 Å².